The summed E-state index contributed by atoms with van der Waals surface area (Å²) in [6, 6.07) is 5.24. The Morgan fingerprint density at radius 3 is 3.06 bits per heavy atom. The summed E-state index contributed by atoms with van der Waals surface area (Å²) in [4.78, 5) is 11.9. The molecule has 1 atom stereocenters. The van der Waals surface area contributed by atoms with E-state index in [4.69, 9.17) is 11.6 Å². The molecule has 1 heterocycles. The maximum Gasteiger partial charge on any atom is 0.242 e. The fourth-order valence-electron chi connectivity index (χ4n) is 1.54. The van der Waals surface area contributed by atoms with Crippen molar-refractivity contribution in [1.82, 2.24) is 5.32 Å². The van der Waals surface area contributed by atoms with Gasteiger partial charge in [-0.05, 0) is 34.1 Å². The first-order chi connectivity index (χ1) is 8.16. The van der Waals surface area contributed by atoms with Crippen LogP contribution in [0.5, 0.6) is 0 Å². The third kappa shape index (κ3) is 3.61. The molecule has 2 rings (SSSR count). The van der Waals surface area contributed by atoms with Gasteiger partial charge in [-0.2, -0.15) is 11.8 Å². The van der Waals surface area contributed by atoms with Crippen LogP contribution in [0.3, 0.4) is 0 Å². The largest absolute Gasteiger partial charge is 0.325 e. The van der Waals surface area contributed by atoms with Gasteiger partial charge in [0.15, 0.2) is 0 Å². The molecule has 92 valence electrons. The third-order valence-corrected chi connectivity index (χ3v) is 4.70. The first kappa shape index (κ1) is 13.2. The number of benzene rings is 1. The lowest BCUT2D eigenvalue weighted by atomic mass is 10.2. The molecule has 0 aromatic heterocycles. The second-order valence-electron chi connectivity index (χ2n) is 3.70. The molecule has 1 aromatic carbocycles. The standard InChI is InChI=1S/C11H12BrClN2OS/c12-8-5-7(1-2-9(8)13)15-11(16)10-6-17-4-3-14-10/h1-2,5,10,14H,3-4,6H2,(H,15,16). The van der Waals surface area contributed by atoms with Crippen molar-refractivity contribution in [2.75, 3.05) is 23.4 Å². The summed E-state index contributed by atoms with van der Waals surface area (Å²) in [6.45, 7) is 0.882. The topological polar surface area (TPSA) is 41.1 Å². The quantitative estimate of drug-likeness (QED) is 0.873. The number of carbonyl (C=O) groups excluding carboxylic acids is 1. The van der Waals surface area contributed by atoms with Crippen molar-refractivity contribution in [2.45, 2.75) is 6.04 Å². The van der Waals surface area contributed by atoms with E-state index in [1.165, 1.54) is 0 Å². The zero-order valence-corrected chi connectivity index (χ0v) is 12.2. The Morgan fingerprint density at radius 2 is 2.41 bits per heavy atom. The van der Waals surface area contributed by atoms with E-state index in [0.29, 0.717) is 5.02 Å². The first-order valence-electron chi connectivity index (χ1n) is 5.24. The minimum absolute atomic E-state index is 0.00595. The van der Waals surface area contributed by atoms with E-state index < -0.39 is 0 Å². The fraction of sp³-hybridized carbons (Fsp3) is 0.364. The molecule has 1 aromatic rings. The van der Waals surface area contributed by atoms with E-state index in [0.717, 1.165) is 28.2 Å². The average molecular weight is 336 g/mol. The van der Waals surface area contributed by atoms with Crippen LogP contribution in [0.1, 0.15) is 0 Å². The summed E-state index contributed by atoms with van der Waals surface area (Å²) in [5.41, 5.74) is 0.753. The van der Waals surface area contributed by atoms with Gasteiger partial charge in [0.2, 0.25) is 5.91 Å². The molecule has 1 fully saturated rings. The van der Waals surface area contributed by atoms with Crippen molar-refractivity contribution in [2.24, 2.45) is 0 Å². The summed E-state index contributed by atoms with van der Waals surface area (Å²) in [5, 5.41) is 6.70. The minimum Gasteiger partial charge on any atom is -0.325 e. The third-order valence-electron chi connectivity index (χ3n) is 2.43. The molecule has 1 unspecified atom stereocenters. The first-order valence-corrected chi connectivity index (χ1v) is 7.56. The van der Waals surface area contributed by atoms with Crippen molar-refractivity contribution in [3.63, 3.8) is 0 Å². The summed E-state index contributed by atoms with van der Waals surface area (Å²) in [6.07, 6.45) is 0. The zero-order valence-electron chi connectivity index (χ0n) is 9.00. The Bertz CT molecular complexity index is 424. The number of thioether (sulfide) groups is 1. The van der Waals surface area contributed by atoms with Crippen LogP contribution in [0.25, 0.3) is 0 Å². The maximum atomic E-state index is 11.9. The molecule has 0 aliphatic carbocycles. The summed E-state index contributed by atoms with van der Waals surface area (Å²) < 4.78 is 0.781. The molecule has 17 heavy (non-hydrogen) atoms. The number of rotatable bonds is 2. The van der Waals surface area contributed by atoms with Gasteiger partial charge in [0.1, 0.15) is 0 Å². The monoisotopic (exact) mass is 334 g/mol. The summed E-state index contributed by atoms with van der Waals surface area (Å²) in [5.74, 6) is 1.89. The number of hydrogen-bond donors (Lipinski definition) is 2. The molecule has 0 radical (unpaired) electrons. The highest BCUT2D eigenvalue weighted by Crippen LogP contribution is 2.25. The van der Waals surface area contributed by atoms with Gasteiger partial charge in [-0.15, -0.1) is 0 Å². The Balaban J connectivity index is 1.99. The Kier molecular flexibility index (Phi) is 4.73. The van der Waals surface area contributed by atoms with Gasteiger partial charge >= 0.3 is 0 Å². The highest BCUT2D eigenvalue weighted by Gasteiger charge is 2.20. The highest BCUT2D eigenvalue weighted by atomic mass is 79.9. The van der Waals surface area contributed by atoms with Crippen molar-refractivity contribution in [3.05, 3.63) is 27.7 Å². The van der Waals surface area contributed by atoms with E-state index >= 15 is 0 Å². The molecular formula is C11H12BrClN2OS. The molecule has 1 saturated heterocycles. The van der Waals surface area contributed by atoms with E-state index in [-0.39, 0.29) is 11.9 Å². The molecule has 1 aliphatic rings. The van der Waals surface area contributed by atoms with Crippen LogP contribution in [-0.2, 0) is 4.79 Å². The lowest BCUT2D eigenvalue weighted by Gasteiger charge is -2.22. The summed E-state index contributed by atoms with van der Waals surface area (Å²) >= 11 is 11.0. The number of halogens is 2. The fourth-order valence-corrected chi connectivity index (χ4v) is 2.97. The van der Waals surface area contributed by atoms with Crippen LogP contribution in [0.15, 0.2) is 22.7 Å². The molecule has 3 nitrogen and oxygen atoms in total. The predicted octanol–water partition coefficient (Wildman–Crippen LogP) is 2.75. The number of anilines is 1. The lowest BCUT2D eigenvalue weighted by molar-refractivity contribution is -0.117. The minimum atomic E-state index is -0.108. The summed E-state index contributed by atoms with van der Waals surface area (Å²) in [7, 11) is 0. The zero-order chi connectivity index (χ0) is 12.3. The van der Waals surface area contributed by atoms with Crippen molar-refractivity contribution < 1.29 is 4.79 Å². The highest BCUT2D eigenvalue weighted by molar-refractivity contribution is 9.10. The molecule has 0 spiro atoms. The number of hydrogen-bond acceptors (Lipinski definition) is 3. The molecule has 0 saturated carbocycles. The molecule has 2 N–H and O–H groups in total. The maximum absolute atomic E-state index is 11.9. The van der Waals surface area contributed by atoms with Gasteiger partial charge in [-0.3, -0.25) is 4.79 Å². The Labute approximate surface area is 118 Å². The van der Waals surface area contributed by atoms with Crippen LogP contribution in [0.4, 0.5) is 5.69 Å². The Hall–Kier alpha value is -0.230. The van der Waals surface area contributed by atoms with Gasteiger partial charge in [0.25, 0.3) is 0 Å². The van der Waals surface area contributed by atoms with Crippen LogP contribution < -0.4 is 10.6 Å². The van der Waals surface area contributed by atoms with E-state index in [9.17, 15) is 4.79 Å². The molecule has 6 heteroatoms. The Morgan fingerprint density at radius 1 is 1.59 bits per heavy atom. The van der Waals surface area contributed by atoms with E-state index in [2.05, 4.69) is 26.6 Å². The van der Waals surface area contributed by atoms with Crippen molar-refractivity contribution in [1.29, 1.82) is 0 Å². The van der Waals surface area contributed by atoms with Crippen molar-refractivity contribution in [3.8, 4) is 0 Å². The van der Waals surface area contributed by atoms with Gasteiger partial charge in [0, 0.05) is 28.2 Å². The predicted molar refractivity (Wildman–Crippen MR) is 76.9 cm³/mol. The molecule has 1 amide bonds. The number of amides is 1. The lowest BCUT2D eigenvalue weighted by Crippen LogP contribution is -2.46. The van der Waals surface area contributed by atoms with E-state index in [1.807, 2.05) is 0 Å². The molecule has 1 aliphatic heterocycles. The number of nitrogens with one attached hydrogen (secondary N) is 2. The van der Waals surface area contributed by atoms with Crippen LogP contribution >= 0.6 is 39.3 Å². The van der Waals surface area contributed by atoms with Gasteiger partial charge in [0.05, 0.1) is 11.1 Å². The average Bonchev–Trinajstić information content (AvgIpc) is 2.35. The van der Waals surface area contributed by atoms with Crippen LogP contribution in [0, 0.1) is 0 Å². The SMILES string of the molecule is O=C(Nc1ccc(Cl)c(Br)c1)C1CSCCN1. The number of carbonyl (C=O) groups is 1. The van der Waals surface area contributed by atoms with Gasteiger partial charge < -0.3 is 10.6 Å². The second-order valence-corrected chi connectivity index (χ2v) is 6.11. The normalized spacial score (nSPS) is 20.0. The van der Waals surface area contributed by atoms with Gasteiger partial charge in [-0.1, -0.05) is 11.6 Å². The van der Waals surface area contributed by atoms with E-state index in [1.54, 1.807) is 30.0 Å². The van der Waals surface area contributed by atoms with Crippen molar-refractivity contribution >= 4 is 50.9 Å². The molecule has 0 bridgehead atoms. The smallest absolute Gasteiger partial charge is 0.242 e. The second kappa shape index (κ2) is 6.09. The molecular weight excluding hydrogens is 324 g/mol. The van der Waals surface area contributed by atoms with Crippen LogP contribution in [-0.4, -0.2) is 30.0 Å². The van der Waals surface area contributed by atoms with Crippen LogP contribution in [0.2, 0.25) is 5.02 Å². The van der Waals surface area contributed by atoms with Gasteiger partial charge in [-0.25, -0.2) is 0 Å².